The van der Waals surface area contributed by atoms with Crippen LogP contribution in [0.2, 0.25) is 0 Å². The average molecular weight is 329 g/mol. The van der Waals surface area contributed by atoms with E-state index in [4.69, 9.17) is 9.47 Å². The highest BCUT2D eigenvalue weighted by atomic mass is 16.6. The monoisotopic (exact) mass is 329 g/mol. The zero-order valence-corrected chi connectivity index (χ0v) is 12.7. The molecule has 8 heteroatoms. The summed E-state index contributed by atoms with van der Waals surface area (Å²) < 4.78 is 10.7. The van der Waals surface area contributed by atoms with Gasteiger partial charge in [-0.1, -0.05) is 0 Å². The van der Waals surface area contributed by atoms with E-state index >= 15 is 0 Å². The van der Waals surface area contributed by atoms with E-state index in [1.807, 2.05) is 0 Å². The number of pyridine rings is 1. The van der Waals surface area contributed by atoms with Crippen molar-refractivity contribution in [2.24, 2.45) is 0 Å². The SMILES string of the molecule is O=C(Nc1ccc(OC2CCC2)nc1)Oc1ccc([N+](=O)[O-])cc1. The van der Waals surface area contributed by atoms with Crippen molar-refractivity contribution in [3.05, 3.63) is 52.7 Å². The molecule has 1 N–H and O–H groups in total. The number of nitro benzene ring substituents is 1. The molecule has 2 aromatic rings. The summed E-state index contributed by atoms with van der Waals surface area (Å²) in [6.45, 7) is 0. The molecule has 124 valence electrons. The first-order chi connectivity index (χ1) is 11.6. The molecule has 0 bridgehead atoms. The van der Waals surface area contributed by atoms with E-state index in [-0.39, 0.29) is 17.5 Å². The molecule has 1 aliphatic carbocycles. The van der Waals surface area contributed by atoms with Crippen LogP contribution in [-0.2, 0) is 0 Å². The molecular weight excluding hydrogens is 314 g/mol. The number of amides is 1. The summed E-state index contributed by atoms with van der Waals surface area (Å²) in [5.41, 5.74) is 0.386. The van der Waals surface area contributed by atoms with Crippen LogP contribution in [0.3, 0.4) is 0 Å². The third kappa shape index (κ3) is 3.97. The van der Waals surface area contributed by atoms with Crippen LogP contribution >= 0.6 is 0 Å². The summed E-state index contributed by atoms with van der Waals surface area (Å²) in [6, 6.07) is 8.57. The first kappa shape index (κ1) is 15.7. The molecule has 24 heavy (non-hydrogen) atoms. The van der Waals surface area contributed by atoms with Crippen LogP contribution in [0.15, 0.2) is 42.6 Å². The standard InChI is InChI=1S/C16H15N3O5/c20-16(24-14-7-5-12(6-8-14)19(21)22)18-11-4-9-15(17-10-11)23-13-2-1-3-13/h4-10,13H,1-3H2,(H,18,20). The van der Waals surface area contributed by atoms with Crippen molar-refractivity contribution in [3.63, 3.8) is 0 Å². The summed E-state index contributed by atoms with van der Waals surface area (Å²) in [5.74, 6) is 0.727. The molecule has 0 atom stereocenters. The maximum atomic E-state index is 11.8. The Balaban J connectivity index is 1.53. The van der Waals surface area contributed by atoms with Gasteiger partial charge in [-0.3, -0.25) is 15.4 Å². The van der Waals surface area contributed by atoms with Gasteiger partial charge in [-0.2, -0.15) is 0 Å². The molecule has 8 nitrogen and oxygen atoms in total. The highest BCUT2D eigenvalue weighted by Crippen LogP contribution is 2.24. The Kier molecular flexibility index (Phi) is 4.55. The quantitative estimate of drug-likeness (QED) is 0.664. The minimum atomic E-state index is -0.710. The van der Waals surface area contributed by atoms with Crippen molar-refractivity contribution in [1.82, 2.24) is 4.98 Å². The van der Waals surface area contributed by atoms with E-state index in [2.05, 4.69) is 10.3 Å². The fourth-order valence-electron chi connectivity index (χ4n) is 2.07. The molecule has 1 fully saturated rings. The van der Waals surface area contributed by atoms with Crippen molar-refractivity contribution < 1.29 is 19.2 Å². The van der Waals surface area contributed by atoms with Crippen LogP contribution in [0.5, 0.6) is 11.6 Å². The van der Waals surface area contributed by atoms with Gasteiger partial charge in [-0.15, -0.1) is 0 Å². The number of hydrogen-bond donors (Lipinski definition) is 1. The van der Waals surface area contributed by atoms with Gasteiger partial charge in [0.1, 0.15) is 11.9 Å². The van der Waals surface area contributed by atoms with Crippen LogP contribution in [0, 0.1) is 10.1 Å². The van der Waals surface area contributed by atoms with E-state index in [1.54, 1.807) is 12.1 Å². The third-order valence-electron chi connectivity index (χ3n) is 3.58. The third-order valence-corrected chi connectivity index (χ3v) is 3.58. The lowest BCUT2D eigenvalue weighted by atomic mass is 9.96. The smallest absolute Gasteiger partial charge is 0.417 e. The number of non-ortho nitro benzene ring substituents is 1. The van der Waals surface area contributed by atoms with Crippen LogP contribution in [0.25, 0.3) is 0 Å². The van der Waals surface area contributed by atoms with Gasteiger partial charge < -0.3 is 9.47 Å². The normalized spacial score (nSPS) is 13.7. The Hall–Kier alpha value is -3.16. The highest BCUT2D eigenvalue weighted by Gasteiger charge is 2.19. The Morgan fingerprint density at radius 1 is 1.21 bits per heavy atom. The predicted octanol–water partition coefficient (Wildman–Crippen LogP) is 3.53. The van der Waals surface area contributed by atoms with E-state index in [0.717, 1.165) is 12.8 Å². The molecule has 0 radical (unpaired) electrons. The lowest BCUT2D eigenvalue weighted by Gasteiger charge is -2.25. The Morgan fingerprint density at radius 3 is 2.50 bits per heavy atom. The molecule has 1 saturated carbocycles. The van der Waals surface area contributed by atoms with E-state index in [0.29, 0.717) is 11.6 Å². The van der Waals surface area contributed by atoms with Crippen molar-refractivity contribution in [2.45, 2.75) is 25.4 Å². The number of nitrogens with one attached hydrogen (secondary N) is 1. The zero-order valence-electron chi connectivity index (χ0n) is 12.7. The molecular formula is C16H15N3O5. The fraction of sp³-hybridized carbons (Fsp3) is 0.250. The summed E-state index contributed by atoms with van der Waals surface area (Å²) in [6.07, 6.45) is 4.28. The lowest BCUT2D eigenvalue weighted by molar-refractivity contribution is -0.384. The first-order valence-corrected chi connectivity index (χ1v) is 7.46. The van der Waals surface area contributed by atoms with Crippen molar-refractivity contribution >= 4 is 17.5 Å². The highest BCUT2D eigenvalue weighted by molar-refractivity contribution is 5.86. The number of nitrogens with zero attached hydrogens (tertiary/aromatic N) is 2. The molecule has 0 saturated heterocycles. The van der Waals surface area contributed by atoms with E-state index < -0.39 is 11.0 Å². The minimum absolute atomic E-state index is 0.0750. The maximum Gasteiger partial charge on any atom is 0.417 e. The van der Waals surface area contributed by atoms with Gasteiger partial charge in [-0.05, 0) is 37.5 Å². The van der Waals surface area contributed by atoms with Crippen molar-refractivity contribution in [2.75, 3.05) is 5.32 Å². The molecule has 0 spiro atoms. The van der Waals surface area contributed by atoms with Gasteiger partial charge >= 0.3 is 6.09 Å². The fourth-order valence-corrected chi connectivity index (χ4v) is 2.07. The molecule has 0 aliphatic heterocycles. The zero-order chi connectivity index (χ0) is 16.9. The molecule has 3 rings (SSSR count). The van der Waals surface area contributed by atoms with Crippen molar-refractivity contribution in [1.29, 1.82) is 0 Å². The number of aromatic nitrogens is 1. The number of benzene rings is 1. The number of nitro groups is 1. The number of hydrogen-bond acceptors (Lipinski definition) is 6. The molecule has 0 unspecified atom stereocenters. The van der Waals surface area contributed by atoms with Gasteiger partial charge in [-0.25, -0.2) is 9.78 Å². The van der Waals surface area contributed by atoms with Gasteiger partial charge in [0.05, 0.1) is 16.8 Å². The molecule has 1 aliphatic rings. The van der Waals surface area contributed by atoms with Gasteiger partial charge in [0.25, 0.3) is 5.69 Å². The van der Waals surface area contributed by atoms with Crippen molar-refractivity contribution in [3.8, 4) is 11.6 Å². The maximum absolute atomic E-state index is 11.8. The summed E-state index contributed by atoms with van der Waals surface area (Å²) in [4.78, 5) is 26.0. The van der Waals surface area contributed by atoms with Crippen LogP contribution in [-0.4, -0.2) is 22.1 Å². The van der Waals surface area contributed by atoms with Gasteiger partial charge in [0.15, 0.2) is 0 Å². The molecule has 1 aromatic carbocycles. The van der Waals surface area contributed by atoms with Crippen LogP contribution in [0.4, 0.5) is 16.2 Å². The second kappa shape index (κ2) is 6.95. The topological polar surface area (TPSA) is 104 Å². The van der Waals surface area contributed by atoms with Crippen LogP contribution < -0.4 is 14.8 Å². The van der Waals surface area contributed by atoms with Gasteiger partial charge in [0, 0.05) is 18.2 Å². The van der Waals surface area contributed by atoms with Gasteiger partial charge in [0.2, 0.25) is 5.88 Å². The summed E-state index contributed by atoms with van der Waals surface area (Å²) in [7, 11) is 0. The Labute approximate surface area is 137 Å². The van der Waals surface area contributed by atoms with E-state index in [1.165, 1.54) is 36.9 Å². The second-order valence-electron chi connectivity index (χ2n) is 5.32. The largest absolute Gasteiger partial charge is 0.474 e. The minimum Gasteiger partial charge on any atom is -0.474 e. The summed E-state index contributed by atoms with van der Waals surface area (Å²) in [5, 5.41) is 13.1. The molecule has 1 heterocycles. The number of carbonyl (C=O) groups is 1. The lowest BCUT2D eigenvalue weighted by Crippen LogP contribution is -2.25. The number of carbonyl (C=O) groups excluding carboxylic acids is 1. The second-order valence-corrected chi connectivity index (χ2v) is 5.32. The molecule has 1 amide bonds. The average Bonchev–Trinajstić information content (AvgIpc) is 2.53. The Bertz CT molecular complexity index is 726. The molecule has 1 aromatic heterocycles. The number of ether oxygens (including phenoxy) is 2. The Morgan fingerprint density at radius 2 is 1.96 bits per heavy atom. The number of anilines is 1. The van der Waals surface area contributed by atoms with Crippen LogP contribution in [0.1, 0.15) is 19.3 Å². The summed E-state index contributed by atoms with van der Waals surface area (Å²) >= 11 is 0. The number of rotatable bonds is 5. The first-order valence-electron chi connectivity index (χ1n) is 7.46. The predicted molar refractivity (Wildman–Crippen MR) is 85.2 cm³/mol. The van der Waals surface area contributed by atoms with E-state index in [9.17, 15) is 14.9 Å².